The maximum absolute atomic E-state index is 12.5. The van der Waals surface area contributed by atoms with Gasteiger partial charge < -0.3 is 9.88 Å². The zero-order chi connectivity index (χ0) is 15.7. The van der Waals surface area contributed by atoms with Crippen LogP contribution in [0.4, 0.5) is 5.69 Å². The molecular weight excluding hydrogens is 375 g/mol. The minimum atomic E-state index is -0.0466. The first-order chi connectivity index (χ1) is 9.81. The first-order valence-corrected chi connectivity index (χ1v) is 8.15. The Labute approximate surface area is 139 Å². The summed E-state index contributed by atoms with van der Waals surface area (Å²) in [5, 5.41) is 2.99. The highest BCUT2D eigenvalue weighted by molar-refractivity contribution is 14.1. The highest BCUT2D eigenvalue weighted by atomic mass is 127. The molecule has 1 aromatic carbocycles. The van der Waals surface area contributed by atoms with Crippen molar-refractivity contribution in [1.29, 1.82) is 0 Å². The van der Waals surface area contributed by atoms with E-state index < -0.39 is 0 Å². The van der Waals surface area contributed by atoms with Gasteiger partial charge in [-0.3, -0.25) is 4.79 Å². The third kappa shape index (κ3) is 3.31. The summed E-state index contributed by atoms with van der Waals surface area (Å²) in [6.45, 7) is 10.4. The van der Waals surface area contributed by atoms with Crippen molar-refractivity contribution in [3.05, 3.63) is 50.4 Å². The van der Waals surface area contributed by atoms with Crippen LogP contribution < -0.4 is 5.32 Å². The number of nitrogens with zero attached hydrogens (tertiary/aromatic N) is 1. The van der Waals surface area contributed by atoms with Crippen LogP contribution in [0.1, 0.15) is 47.2 Å². The number of nitrogens with one attached hydrogen (secondary N) is 1. The van der Waals surface area contributed by atoms with Gasteiger partial charge in [-0.15, -0.1) is 0 Å². The maximum Gasteiger partial charge on any atom is 0.257 e. The summed E-state index contributed by atoms with van der Waals surface area (Å²) in [7, 11) is 0. The van der Waals surface area contributed by atoms with Gasteiger partial charge in [0, 0.05) is 26.7 Å². The van der Waals surface area contributed by atoms with Gasteiger partial charge in [-0.2, -0.15) is 0 Å². The van der Waals surface area contributed by atoms with Crippen molar-refractivity contribution < 1.29 is 4.79 Å². The smallest absolute Gasteiger partial charge is 0.257 e. The number of hydrogen-bond donors (Lipinski definition) is 1. The summed E-state index contributed by atoms with van der Waals surface area (Å²) >= 11 is 2.28. The molecule has 1 amide bonds. The number of aromatic nitrogens is 1. The number of halogens is 1. The Morgan fingerprint density at radius 3 is 2.38 bits per heavy atom. The number of rotatable bonds is 3. The predicted molar refractivity (Wildman–Crippen MR) is 96.1 cm³/mol. The Kier molecular flexibility index (Phi) is 4.76. The standard InChI is InChI=1S/C17H21IN2O/c1-10(2)20-12(4)8-15(13(20)5)17(21)19-14-7-6-11(3)16(18)9-14/h6-10H,1-5H3,(H,19,21). The Bertz CT molecular complexity index is 686. The number of anilines is 1. The fourth-order valence-electron chi connectivity index (χ4n) is 2.67. The molecule has 0 unspecified atom stereocenters. The summed E-state index contributed by atoms with van der Waals surface area (Å²) in [5.74, 6) is -0.0466. The largest absolute Gasteiger partial charge is 0.346 e. The number of amides is 1. The molecule has 0 saturated carbocycles. The van der Waals surface area contributed by atoms with Crippen LogP contribution >= 0.6 is 22.6 Å². The van der Waals surface area contributed by atoms with Gasteiger partial charge in [0.15, 0.2) is 0 Å². The summed E-state index contributed by atoms with van der Waals surface area (Å²) in [6, 6.07) is 8.28. The van der Waals surface area contributed by atoms with Gasteiger partial charge in [0.2, 0.25) is 0 Å². The molecule has 1 heterocycles. The number of benzene rings is 1. The Hall–Kier alpha value is -1.30. The molecule has 0 aliphatic carbocycles. The molecule has 4 heteroatoms. The van der Waals surface area contributed by atoms with E-state index in [1.54, 1.807) is 0 Å². The molecule has 0 saturated heterocycles. The molecule has 1 aromatic heterocycles. The van der Waals surface area contributed by atoms with E-state index in [2.05, 4.69) is 53.2 Å². The van der Waals surface area contributed by atoms with Crippen LogP contribution in [0, 0.1) is 24.3 Å². The minimum Gasteiger partial charge on any atom is -0.346 e. The third-order valence-corrected chi connectivity index (χ3v) is 4.84. The molecule has 0 spiro atoms. The third-order valence-electron chi connectivity index (χ3n) is 3.68. The molecule has 0 atom stereocenters. The summed E-state index contributed by atoms with van der Waals surface area (Å²) in [5.41, 5.74) is 4.93. The lowest BCUT2D eigenvalue weighted by atomic mass is 10.2. The van der Waals surface area contributed by atoms with Crippen LogP contribution in [0.5, 0.6) is 0 Å². The van der Waals surface area contributed by atoms with E-state index in [-0.39, 0.29) is 5.91 Å². The number of carbonyl (C=O) groups excluding carboxylic acids is 1. The van der Waals surface area contributed by atoms with E-state index in [9.17, 15) is 4.79 Å². The molecule has 2 aromatic rings. The van der Waals surface area contributed by atoms with Crippen LogP contribution in [-0.2, 0) is 0 Å². The molecule has 0 bridgehead atoms. The zero-order valence-electron chi connectivity index (χ0n) is 13.1. The quantitative estimate of drug-likeness (QED) is 0.740. The van der Waals surface area contributed by atoms with E-state index in [0.717, 1.165) is 26.2 Å². The molecule has 0 radical (unpaired) electrons. The molecule has 1 N–H and O–H groups in total. The van der Waals surface area contributed by atoms with Gasteiger partial charge in [-0.1, -0.05) is 6.07 Å². The lowest BCUT2D eigenvalue weighted by Gasteiger charge is -2.13. The number of aryl methyl sites for hydroxylation is 2. The van der Waals surface area contributed by atoms with Crippen molar-refractivity contribution in [3.63, 3.8) is 0 Å². The van der Waals surface area contributed by atoms with Gasteiger partial charge in [0.1, 0.15) is 0 Å². The zero-order valence-corrected chi connectivity index (χ0v) is 15.3. The number of hydrogen-bond acceptors (Lipinski definition) is 1. The van der Waals surface area contributed by atoms with Gasteiger partial charge >= 0.3 is 0 Å². The van der Waals surface area contributed by atoms with Crippen molar-refractivity contribution in [3.8, 4) is 0 Å². The molecular formula is C17H21IN2O. The second-order valence-electron chi connectivity index (χ2n) is 5.67. The molecule has 0 aliphatic rings. The second kappa shape index (κ2) is 6.22. The lowest BCUT2D eigenvalue weighted by Crippen LogP contribution is -2.14. The van der Waals surface area contributed by atoms with E-state index in [4.69, 9.17) is 0 Å². The topological polar surface area (TPSA) is 34.0 Å². The Balaban J connectivity index is 2.28. The van der Waals surface area contributed by atoms with Crippen molar-refractivity contribution in [2.24, 2.45) is 0 Å². The molecule has 0 aliphatic heterocycles. The minimum absolute atomic E-state index is 0.0466. The van der Waals surface area contributed by atoms with Crippen molar-refractivity contribution in [2.45, 2.75) is 40.7 Å². The molecule has 3 nitrogen and oxygen atoms in total. The first-order valence-electron chi connectivity index (χ1n) is 7.07. The fraction of sp³-hybridized carbons (Fsp3) is 0.353. The average molecular weight is 396 g/mol. The van der Waals surface area contributed by atoms with E-state index in [1.165, 1.54) is 5.56 Å². The van der Waals surface area contributed by atoms with E-state index in [0.29, 0.717) is 6.04 Å². The van der Waals surface area contributed by atoms with Gasteiger partial charge in [-0.05, 0) is 81.0 Å². The Morgan fingerprint density at radius 1 is 1.19 bits per heavy atom. The first kappa shape index (κ1) is 16.1. The van der Waals surface area contributed by atoms with Crippen LogP contribution in [0.15, 0.2) is 24.3 Å². The molecule has 0 fully saturated rings. The van der Waals surface area contributed by atoms with Crippen LogP contribution in [0.25, 0.3) is 0 Å². The lowest BCUT2D eigenvalue weighted by molar-refractivity contribution is 0.102. The summed E-state index contributed by atoms with van der Waals surface area (Å²) in [6.07, 6.45) is 0. The maximum atomic E-state index is 12.5. The Morgan fingerprint density at radius 2 is 1.86 bits per heavy atom. The van der Waals surface area contributed by atoms with Crippen LogP contribution in [-0.4, -0.2) is 10.5 Å². The summed E-state index contributed by atoms with van der Waals surface area (Å²) in [4.78, 5) is 12.5. The SMILES string of the molecule is Cc1ccc(NC(=O)c2cc(C)n(C(C)C)c2C)cc1I. The van der Waals surface area contributed by atoms with Gasteiger partial charge in [0.25, 0.3) is 5.91 Å². The van der Waals surface area contributed by atoms with Crippen LogP contribution in [0.3, 0.4) is 0 Å². The van der Waals surface area contributed by atoms with E-state index in [1.807, 2.05) is 38.1 Å². The predicted octanol–water partition coefficient (Wildman–Crippen LogP) is 4.85. The summed E-state index contributed by atoms with van der Waals surface area (Å²) < 4.78 is 3.34. The van der Waals surface area contributed by atoms with Gasteiger partial charge in [0.05, 0.1) is 5.56 Å². The normalized spacial score (nSPS) is 11.0. The van der Waals surface area contributed by atoms with Crippen molar-refractivity contribution in [1.82, 2.24) is 4.57 Å². The van der Waals surface area contributed by atoms with Crippen LogP contribution in [0.2, 0.25) is 0 Å². The van der Waals surface area contributed by atoms with Crippen molar-refractivity contribution in [2.75, 3.05) is 5.32 Å². The molecule has 2 rings (SSSR count). The van der Waals surface area contributed by atoms with Gasteiger partial charge in [-0.25, -0.2) is 0 Å². The van der Waals surface area contributed by atoms with Crippen molar-refractivity contribution >= 4 is 34.2 Å². The highest BCUT2D eigenvalue weighted by Crippen LogP contribution is 2.22. The molecule has 112 valence electrons. The second-order valence-corrected chi connectivity index (χ2v) is 6.83. The fourth-order valence-corrected chi connectivity index (χ4v) is 3.19. The van der Waals surface area contributed by atoms with E-state index >= 15 is 0 Å². The molecule has 21 heavy (non-hydrogen) atoms. The number of carbonyl (C=O) groups is 1. The average Bonchev–Trinajstić information content (AvgIpc) is 2.69. The highest BCUT2D eigenvalue weighted by Gasteiger charge is 2.17. The monoisotopic (exact) mass is 396 g/mol.